The van der Waals surface area contributed by atoms with E-state index in [0.29, 0.717) is 5.82 Å². The molecule has 0 amide bonds. The Hall–Kier alpha value is -2.07. The van der Waals surface area contributed by atoms with Crippen molar-refractivity contribution in [2.24, 2.45) is 5.84 Å². The highest BCUT2D eigenvalue weighted by Crippen LogP contribution is 2.18. The summed E-state index contributed by atoms with van der Waals surface area (Å²) in [5.74, 6) is 5.95. The second kappa shape index (κ2) is 5.32. The Bertz CT molecular complexity index is 479. The summed E-state index contributed by atoms with van der Waals surface area (Å²) < 4.78 is 0. The lowest BCUT2D eigenvalue weighted by atomic mass is 10.1. The van der Waals surface area contributed by atoms with Gasteiger partial charge in [0.25, 0.3) is 0 Å². The van der Waals surface area contributed by atoms with Gasteiger partial charge >= 0.3 is 0 Å². The molecule has 0 aliphatic carbocycles. The Labute approximate surface area is 101 Å². The third-order valence-corrected chi connectivity index (χ3v) is 2.56. The molecule has 0 fully saturated rings. The largest absolute Gasteiger partial charge is 0.355 e. The van der Waals surface area contributed by atoms with Gasteiger partial charge in [-0.2, -0.15) is 0 Å². The van der Waals surface area contributed by atoms with Crippen molar-refractivity contribution in [1.82, 2.24) is 4.98 Å². The van der Waals surface area contributed by atoms with E-state index in [4.69, 9.17) is 5.84 Å². The molecule has 0 saturated heterocycles. The molecule has 4 nitrogen and oxygen atoms in total. The number of benzene rings is 1. The molecule has 4 N–H and O–H groups in total. The van der Waals surface area contributed by atoms with Crippen LogP contribution in [0.15, 0.2) is 42.6 Å². The lowest BCUT2D eigenvalue weighted by Gasteiger charge is -2.08. The molecule has 0 aliphatic heterocycles. The maximum Gasteiger partial charge on any atom is 0.141 e. The number of nitrogen functional groups attached to an aromatic ring is 1. The van der Waals surface area contributed by atoms with Crippen LogP contribution in [0.1, 0.15) is 12.5 Å². The lowest BCUT2D eigenvalue weighted by molar-refractivity contribution is 1.14. The summed E-state index contributed by atoms with van der Waals surface area (Å²) in [6.07, 6.45) is 2.76. The minimum absolute atomic E-state index is 0.639. The molecular weight excluding hydrogens is 212 g/mol. The van der Waals surface area contributed by atoms with E-state index in [2.05, 4.69) is 46.9 Å². The van der Waals surface area contributed by atoms with E-state index in [1.807, 2.05) is 12.1 Å². The Balaban J connectivity index is 2.13. The number of hydrazine groups is 1. The van der Waals surface area contributed by atoms with Crippen LogP contribution in [-0.2, 0) is 6.42 Å². The number of aromatic nitrogens is 1. The normalized spacial score (nSPS) is 10.0. The second-order valence-electron chi connectivity index (χ2n) is 3.75. The number of nitrogens with two attached hydrogens (primary N) is 1. The van der Waals surface area contributed by atoms with Crippen molar-refractivity contribution in [1.29, 1.82) is 0 Å². The molecule has 2 rings (SSSR count). The highest BCUT2D eigenvalue weighted by molar-refractivity contribution is 5.62. The third-order valence-electron chi connectivity index (χ3n) is 2.56. The summed E-state index contributed by atoms with van der Waals surface area (Å²) in [5, 5.41) is 3.29. The van der Waals surface area contributed by atoms with Crippen LogP contribution < -0.4 is 16.6 Å². The van der Waals surface area contributed by atoms with Crippen molar-refractivity contribution in [2.45, 2.75) is 13.3 Å². The second-order valence-corrected chi connectivity index (χ2v) is 3.75. The fourth-order valence-electron chi connectivity index (χ4n) is 1.58. The van der Waals surface area contributed by atoms with Gasteiger partial charge in [0.1, 0.15) is 5.82 Å². The zero-order chi connectivity index (χ0) is 12.1. The predicted octanol–water partition coefficient (Wildman–Crippen LogP) is 2.67. The van der Waals surface area contributed by atoms with Gasteiger partial charge in [0.15, 0.2) is 0 Å². The number of hydrogen-bond donors (Lipinski definition) is 3. The molecule has 2 aromatic rings. The van der Waals surface area contributed by atoms with Crippen LogP contribution in [0.5, 0.6) is 0 Å². The van der Waals surface area contributed by atoms with Gasteiger partial charge in [-0.1, -0.05) is 19.1 Å². The predicted molar refractivity (Wildman–Crippen MR) is 71.1 cm³/mol. The standard InChI is InChI=1S/C13H16N4/c1-2-10-3-5-11(6-4-10)16-12-7-8-15-13(9-12)17-14/h3-9H,2,14H2,1H3,(H2,15,16,17). The average Bonchev–Trinajstić information content (AvgIpc) is 2.40. The Morgan fingerprint density at radius 1 is 1.12 bits per heavy atom. The number of aryl methyl sites for hydroxylation is 1. The Morgan fingerprint density at radius 3 is 2.53 bits per heavy atom. The fraction of sp³-hybridized carbons (Fsp3) is 0.154. The molecule has 0 atom stereocenters. The highest BCUT2D eigenvalue weighted by Gasteiger charge is 1.97. The van der Waals surface area contributed by atoms with E-state index in [-0.39, 0.29) is 0 Å². The molecule has 0 bridgehead atoms. The van der Waals surface area contributed by atoms with Gasteiger partial charge in [-0.15, -0.1) is 0 Å². The van der Waals surface area contributed by atoms with Gasteiger partial charge in [0, 0.05) is 23.6 Å². The maximum absolute atomic E-state index is 5.31. The third kappa shape index (κ3) is 2.95. The van der Waals surface area contributed by atoms with Gasteiger partial charge in [-0.25, -0.2) is 10.8 Å². The molecule has 0 aliphatic rings. The molecule has 0 unspecified atom stereocenters. The SMILES string of the molecule is CCc1ccc(Nc2ccnc(NN)c2)cc1. The molecule has 17 heavy (non-hydrogen) atoms. The summed E-state index contributed by atoms with van der Waals surface area (Å²) in [7, 11) is 0. The fourth-order valence-corrected chi connectivity index (χ4v) is 1.58. The number of anilines is 3. The topological polar surface area (TPSA) is 63.0 Å². The number of nitrogens with zero attached hydrogens (tertiary/aromatic N) is 1. The first-order valence-corrected chi connectivity index (χ1v) is 5.60. The highest BCUT2D eigenvalue weighted by atomic mass is 15.2. The Morgan fingerprint density at radius 2 is 1.88 bits per heavy atom. The molecule has 1 aromatic heterocycles. The van der Waals surface area contributed by atoms with E-state index in [1.54, 1.807) is 6.20 Å². The van der Waals surface area contributed by atoms with Crippen molar-refractivity contribution in [3.63, 3.8) is 0 Å². The summed E-state index contributed by atoms with van der Waals surface area (Å²) >= 11 is 0. The number of nitrogens with one attached hydrogen (secondary N) is 2. The summed E-state index contributed by atoms with van der Waals surface area (Å²) in [6, 6.07) is 12.1. The molecule has 0 spiro atoms. The molecular formula is C13H16N4. The molecule has 0 radical (unpaired) electrons. The first kappa shape index (κ1) is 11.4. The summed E-state index contributed by atoms with van der Waals surface area (Å²) in [6.45, 7) is 2.14. The smallest absolute Gasteiger partial charge is 0.141 e. The van der Waals surface area contributed by atoms with Crippen molar-refractivity contribution < 1.29 is 0 Å². The lowest BCUT2D eigenvalue weighted by Crippen LogP contribution is -2.08. The van der Waals surface area contributed by atoms with Crippen LogP contribution in [0.25, 0.3) is 0 Å². The zero-order valence-corrected chi connectivity index (χ0v) is 9.77. The van der Waals surface area contributed by atoms with E-state index in [9.17, 15) is 0 Å². The van der Waals surface area contributed by atoms with Gasteiger partial charge in [-0.05, 0) is 30.2 Å². The minimum atomic E-state index is 0.639. The van der Waals surface area contributed by atoms with Crippen LogP contribution in [0.4, 0.5) is 17.2 Å². The van der Waals surface area contributed by atoms with Crippen LogP contribution in [0.2, 0.25) is 0 Å². The number of pyridine rings is 1. The number of rotatable bonds is 4. The quantitative estimate of drug-likeness (QED) is 0.556. The first-order chi connectivity index (χ1) is 8.31. The van der Waals surface area contributed by atoms with Gasteiger partial charge < -0.3 is 10.7 Å². The molecule has 1 heterocycles. The van der Waals surface area contributed by atoms with Crippen LogP contribution >= 0.6 is 0 Å². The van der Waals surface area contributed by atoms with Gasteiger partial charge in [-0.3, -0.25) is 0 Å². The summed E-state index contributed by atoms with van der Waals surface area (Å²) in [5.41, 5.74) is 5.86. The van der Waals surface area contributed by atoms with Crippen molar-refractivity contribution in [3.05, 3.63) is 48.2 Å². The van der Waals surface area contributed by atoms with E-state index >= 15 is 0 Å². The van der Waals surface area contributed by atoms with E-state index < -0.39 is 0 Å². The van der Waals surface area contributed by atoms with E-state index in [1.165, 1.54) is 5.56 Å². The van der Waals surface area contributed by atoms with E-state index in [0.717, 1.165) is 17.8 Å². The van der Waals surface area contributed by atoms with Crippen molar-refractivity contribution in [2.75, 3.05) is 10.7 Å². The number of hydrogen-bond acceptors (Lipinski definition) is 4. The maximum atomic E-state index is 5.31. The molecule has 1 aromatic carbocycles. The molecule has 0 saturated carbocycles. The average molecular weight is 228 g/mol. The van der Waals surface area contributed by atoms with Gasteiger partial charge in [0.05, 0.1) is 0 Å². The van der Waals surface area contributed by atoms with Gasteiger partial charge in [0.2, 0.25) is 0 Å². The first-order valence-electron chi connectivity index (χ1n) is 5.60. The van der Waals surface area contributed by atoms with Crippen molar-refractivity contribution in [3.8, 4) is 0 Å². The molecule has 88 valence electrons. The Kier molecular flexibility index (Phi) is 3.57. The monoisotopic (exact) mass is 228 g/mol. The molecule has 4 heteroatoms. The minimum Gasteiger partial charge on any atom is -0.355 e. The van der Waals surface area contributed by atoms with Crippen LogP contribution in [0.3, 0.4) is 0 Å². The van der Waals surface area contributed by atoms with Crippen LogP contribution in [-0.4, -0.2) is 4.98 Å². The van der Waals surface area contributed by atoms with Crippen LogP contribution in [0, 0.1) is 0 Å². The summed E-state index contributed by atoms with van der Waals surface area (Å²) in [4.78, 5) is 4.05. The zero-order valence-electron chi connectivity index (χ0n) is 9.77. The van der Waals surface area contributed by atoms with Crippen molar-refractivity contribution >= 4 is 17.2 Å².